The summed E-state index contributed by atoms with van der Waals surface area (Å²) in [6.45, 7) is 7.93. The van der Waals surface area contributed by atoms with E-state index in [1.54, 1.807) is 0 Å². The van der Waals surface area contributed by atoms with Crippen LogP contribution >= 0.6 is 0 Å². The molecule has 6 nitrogen and oxygen atoms in total. The van der Waals surface area contributed by atoms with Crippen LogP contribution in [0.15, 0.2) is 24.3 Å². The summed E-state index contributed by atoms with van der Waals surface area (Å²) in [4.78, 5) is 32.0. The van der Waals surface area contributed by atoms with E-state index >= 15 is 0 Å². The minimum atomic E-state index is 0.118. The van der Waals surface area contributed by atoms with Gasteiger partial charge in [0.15, 0.2) is 0 Å². The van der Waals surface area contributed by atoms with Crippen molar-refractivity contribution in [3.8, 4) is 0 Å². The van der Waals surface area contributed by atoms with Crippen LogP contribution in [0.3, 0.4) is 0 Å². The molecule has 0 unspecified atom stereocenters. The van der Waals surface area contributed by atoms with Crippen LogP contribution in [0.25, 0.3) is 0 Å². The normalized spacial score (nSPS) is 19.2. The predicted octanol–water partition coefficient (Wildman–Crippen LogP) is 2.98. The number of benzene rings is 1. The molecule has 1 aromatic carbocycles. The third-order valence-electron chi connectivity index (χ3n) is 6.49. The Labute approximate surface area is 181 Å². The number of amides is 2. The summed E-state index contributed by atoms with van der Waals surface area (Å²) >= 11 is 0. The zero-order chi connectivity index (χ0) is 21.7. The maximum absolute atomic E-state index is 13.3. The van der Waals surface area contributed by atoms with Gasteiger partial charge < -0.3 is 20.0 Å². The maximum Gasteiger partial charge on any atom is 0.255 e. The lowest BCUT2D eigenvalue weighted by atomic mass is 10.0. The number of nitrogens with one attached hydrogen (secondary N) is 1. The molecule has 1 N–H and O–H groups in total. The van der Waals surface area contributed by atoms with Crippen molar-refractivity contribution in [3.63, 3.8) is 0 Å². The second-order valence-electron chi connectivity index (χ2n) is 9.39. The molecule has 2 saturated heterocycles. The van der Waals surface area contributed by atoms with Crippen molar-refractivity contribution in [3.05, 3.63) is 29.8 Å². The fourth-order valence-corrected chi connectivity index (χ4v) is 4.59. The molecule has 0 aliphatic carbocycles. The first kappa shape index (κ1) is 22.6. The Morgan fingerprint density at radius 1 is 1.07 bits per heavy atom. The van der Waals surface area contributed by atoms with Gasteiger partial charge in [-0.3, -0.25) is 9.59 Å². The zero-order valence-corrected chi connectivity index (χ0v) is 19.1. The van der Waals surface area contributed by atoms with Gasteiger partial charge in [-0.15, -0.1) is 0 Å². The molecule has 0 saturated carbocycles. The van der Waals surface area contributed by atoms with Crippen molar-refractivity contribution in [1.29, 1.82) is 0 Å². The van der Waals surface area contributed by atoms with Crippen LogP contribution in [0.1, 0.15) is 56.3 Å². The van der Waals surface area contributed by atoms with Gasteiger partial charge >= 0.3 is 0 Å². The smallest absolute Gasteiger partial charge is 0.255 e. The first-order valence-electron chi connectivity index (χ1n) is 11.4. The summed E-state index contributed by atoms with van der Waals surface area (Å²) in [5.41, 5.74) is 1.82. The molecule has 6 heteroatoms. The van der Waals surface area contributed by atoms with Gasteiger partial charge in [-0.05, 0) is 63.9 Å². The molecule has 2 aliphatic heterocycles. The first-order chi connectivity index (χ1) is 14.3. The summed E-state index contributed by atoms with van der Waals surface area (Å²) in [5, 5.41) is 3.18. The Morgan fingerprint density at radius 2 is 1.70 bits per heavy atom. The zero-order valence-electron chi connectivity index (χ0n) is 19.1. The molecule has 2 aliphatic rings. The van der Waals surface area contributed by atoms with Crippen molar-refractivity contribution in [2.75, 3.05) is 45.2 Å². The molecule has 0 aromatic heterocycles. The highest BCUT2D eigenvalue weighted by atomic mass is 16.2. The summed E-state index contributed by atoms with van der Waals surface area (Å²) in [7, 11) is 4.09. The number of anilines is 1. The van der Waals surface area contributed by atoms with Gasteiger partial charge in [0.05, 0.1) is 5.56 Å². The highest BCUT2D eigenvalue weighted by Crippen LogP contribution is 2.27. The van der Waals surface area contributed by atoms with E-state index in [1.807, 2.05) is 30.1 Å². The van der Waals surface area contributed by atoms with Crippen LogP contribution < -0.4 is 10.2 Å². The van der Waals surface area contributed by atoms with E-state index in [4.69, 9.17) is 0 Å². The van der Waals surface area contributed by atoms with Gasteiger partial charge in [-0.1, -0.05) is 26.0 Å². The van der Waals surface area contributed by atoms with Crippen molar-refractivity contribution in [1.82, 2.24) is 15.1 Å². The highest BCUT2D eigenvalue weighted by Gasteiger charge is 2.28. The van der Waals surface area contributed by atoms with Crippen LogP contribution in [-0.2, 0) is 4.79 Å². The van der Waals surface area contributed by atoms with Crippen molar-refractivity contribution in [2.24, 2.45) is 5.92 Å². The Kier molecular flexibility index (Phi) is 7.75. The van der Waals surface area contributed by atoms with Gasteiger partial charge in [0.2, 0.25) is 5.91 Å². The van der Waals surface area contributed by atoms with Crippen molar-refractivity contribution in [2.45, 2.75) is 58.0 Å². The summed E-state index contributed by atoms with van der Waals surface area (Å²) in [6, 6.07) is 8.53. The number of para-hydroxylation sites is 1. The summed E-state index contributed by atoms with van der Waals surface area (Å²) in [6.07, 6.45) is 4.47. The second kappa shape index (κ2) is 10.3. The standard InChI is InChI=1S/C24H38N4O2/c1-18(2)17-23(29)25-19-9-15-28(16-10-19)22-8-6-5-7-21(22)24(30)27(4)20-11-13-26(3)14-12-20/h5-8,18-20H,9-17H2,1-4H3,(H,25,29). The third kappa shape index (κ3) is 5.75. The van der Waals surface area contributed by atoms with Crippen LogP contribution in [0.5, 0.6) is 0 Å². The lowest BCUT2D eigenvalue weighted by Crippen LogP contribution is -2.46. The van der Waals surface area contributed by atoms with Gasteiger partial charge in [-0.2, -0.15) is 0 Å². The first-order valence-corrected chi connectivity index (χ1v) is 11.4. The Hall–Kier alpha value is -2.08. The number of likely N-dealkylation sites (tertiary alicyclic amines) is 1. The molecule has 0 atom stereocenters. The number of carbonyl (C=O) groups is 2. The monoisotopic (exact) mass is 414 g/mol. The molecule has 0 spiro atoms. The van der Waals surface area contributed by atoms with Gasteiger partial charge in [0, 0.05) is 44.3 Å². The van der Waals surface area contributed by atoms with Gasteiger partial charge in [-0.25, -0.2) is 0 Å². The molecule has 2 heterocycles. The van der Waals surface area contributed by atoms with E-state index < -0.39 is 0 Å². The van der Waals surface area contributed by atoms with E-state index in [0.717, 1.165) is 63.1 Å². The van der Waals surface area contributed by atoms with E-state index in [-0.39, 0.29) is 17.9 Å². The Balaban J connectivity index is 1.61. The van der Waals surface area contributed by atoms with Crippen LogP contribution in [0.2, 0.25) is 0 Å². The molecule has 0 radical (unpaired) electrons. The molecular weight excluding hydrogens is 376 g/mol. The second-order valence-corrected chi connectivity index (χ2v) is 9.39. The highest BCUT2D eigenvalue weighted by molar-refractivity contribution is 6.00. The molecular formula is C24H38N4O2. The van der Waals surface area contributed by atoms with E-state index in [0.29, 0.717) is 18.4 Å². The third-order valence-corrected chi connectivity index (χ3v) is 6.49. The van der Waals surface area contributed by atoms with Gasteiger partial charge in [0.1, 0.15) is 0 Å². The van der Waals surface area contributed by atoms with E-state index in [2.05, 4.69) is 42.1 Å². The lowest BCUT2D eigenvalue weighted by molar-refractivity contribution is -0.122. The van der Waals surface area contributed by atoms with Crippen LogP contribution in [0, 0.1) is 5.92 Å². The van der Waals surface area contributed by atoms with Crippen molar-refractivity contribution < 1.29 is 9.59 Å². The minimum Gasteiger partial charge on any atom is -0.371 e. The number of piperidine rings is 2. The van der Waals surface area contributed by atoms with E-state index in [9.17, 15) is 9.59 Å². The molecule has 0 bridgehead atoms. The number of rotatable bonds is 6. The molecule has 3 rings (SSSR count). The Morgan fingerprint density at radius 3 is 2.33 bits per heavy atom. The Bertz CT molecular complexity index is 720. The number of hydrogen-bond acceptors (Lipinski definition) is 4. The van der Waals surface area contributed by atoms with E-state index in [1.165, 1.54) is 0 Å². The number of nitrogens with zero attached hydrogens (tertiary/aromatic N) is 3. The summed E-state index contributed by atoms with van der Waals surface area (Å²) in [5.74, 6) is 0.649. The lowest BCUT2D eigenvalue weighted by Gasteiger charge is -2.37. The number of hydrogen-bond donors (Lipinski definition) is 1. The van der Waals surface area contributed by atoms with Crippen LogP contribution in [0.4, 0.5) is 5.69 Å². The molecule has 166 valence electrons. The maximum atomic E-state index is 13.3. The largest absolute Gasteiger partial charge is 0.371 e. The quantitative estimate of drug-likeness (QED) is 0.778. The topological polar surface area (TPSA) is 55.9 Å². The minimum absolute atomic E-state index is 0.118. The molecule has 2 fully saturated rings. The average Bonchev–Trinajstić information content (AvgIpc) is 2.73. The predicted molar refractivity (Wildman–Crippen MR) is 122 cm³/mol. The fourth-order valence-electron chi connectivity index (χ4n) is 4.59. The van der Waals surface area contributed by atoms with Crippen molar-refractivity contribution >= 4 is 17.5 Å². The SMILES string of the molecule is CC(C)CC(=O)NC1CCN(c2ccccc2C(=O)N(C)C2CCN(C)CC2)CC1. The van der Waals surface area contributed by atoms with Crippen LogP contribution in [-0.4, -0.2) is 74.0 Å². The fraction of sp³-hybridized carbons (Fsp3) is 0.667. The summed E-state index contributed by atoms with van der Waals surface area (Å²) < 4.78 is 0. The molecule has 2 amide bonds. The molecule has 30 heavy (non-hydrogen) atoms. The average molecular weight is 415 g/mol. The number of carbonyl (C=O) groups excluding carboxylic acids is 2. The van der Waals surface area contributed by atoms with Gasteiger partial charge in [0.25, 0.3) is 5.91 Å². The molecule has 1 aromatic rings.